The Bertz CT molecular complexity index is 583. The molecule has 5 nitrogen and oxygen atoms in total. The molecule has 1 atom stereocenters. The van der Waals surface area contributed by atoms with E-state index < -0.39 is 0 Å². The molecule has 106 valence electrons. The van der Waals surface area contributed by atoms with E-state index in [0.29, 0.717) is 17.8 Å². The number of nitrogens with zero attached hydrogens (tertiary/aromatic N) is 3. The molecule has 0 saturated heterocycles. The van der Waals surface area contributed by atoms with E-state index in [1.165, 1.54) is 12.8 Å². The molecule has 0 bridgehead atoms. The molecule has 20 heavy (non-hydrogen) atoms. The van der Waals surface area contributed by atoms with Crippen LogP contribution in [0.25, 0.3) is 11.4 Å². The quantitative estimate of drug-likeness (QED) is 0.904. The van der Waals surface area contributed by atoms with Crippen molar-refractivity contribution < 1.29 is 4.52 Å². The van der Waals surface area contributed by atoms with Gasteiger partial charge in [0, 0.05) is 29.4 Å². The second-order valence-corrected chi connectivity index (χ2v) is 5.59. The Balaban J connectivity index is 1.78. The minimum atomic E-state index is 0.448. The van der Waals surface area contributed by atoms with Crippen molar-refractivity contribution in [3.8, 4) is 11.4 Å². The lowest BCUT2D eigenvalue weighted by Gasteiger charge is -2.11. The second kappa shape index (κ2) is 5.32. The molecule has 0 spiro atoms. The maximum absolute atomic E-state index is 5.39. The normalized spacial score (nSPS) is 16.4. The number of rotatable bonds is 5. The molecular formula is C15H20N4O. The molecule has 1 aliphatic rings. The Kier molecular flexibility index (Phi) is 3.53. The Hall–Kier alpha value is -1.75. The minimum Gasteiger partial charge on any atom is -0.339 e. The summed E-state index contributed by atoms with van der Waals surface area (Å²) in [6.45, 7) is 3.95. The van der Waals surface area contributed by atoms with Crippen molar-refractivity contribution in [1.82, 2.24) is 20.4 Å². The van der Waals surface area contributed by atoms with Gasteiger partial charge in [0.25, 0.3) is 0 Å². The SMILES string of the molecule is CNC(Cc1nc(-c2cc(C)nc(C)c2)no1)C1CC1. The highest BCUT2D eigenvalue weighted by atomic mass is 16.5. The first kappa shape index (κ1) is 13.2. The zero-order valence-corrected chi connectivity index (χ0v) is 12.2. The van der Waals surface area contributed by atoms with Gasteiger partial charge in [0.2, 0.25) is 11.7 Å². The lowest BCUT2D eigenvalue weighted by Crippen LogP contribution is -2.29. The van der Waals surface area contributed by atoms with Crippen LogP contribution >= 0.6 is 0 Å². The molecule has 0 aliphatic heterocycles. The van der Waals surface area contributed by atoms with Gasteiger partial charge in [-0.3, -0.25) is 4.98 Å². The fraction of sp³-hybridized carbons (Fsp3) is 0.533. The number of aromatic nitrogens is 3. The molecule has 2 heterocycles. The minimum absolute atomic E-state index is 0.448. The lowest BCUT2D eigenvalue weighted by molar-refractivity contribution is 0.352. The summed E-state index contributed by atoms with van der Waals surface area (Å²) >= 11 is 0. The van der Waals surface area contributed by atoms with Crippen molar-refractivity contribution >= 4 is 0 Å². The summed E-state index contributed by atoms with van der Waals surface area (Å²) in [5.74, 6) is 2.12. The standard InChI is InChI=1S/C15H20N4O/c1-9-6-12(7-10(2)17-9)15-18-14(20-19-15)8-13(16-3)11-4-5-11/h6-7,11,13,16H,4-5,8H2,1-3H3. The van der Waals surface area contributed by atoms with Gasteiger partial charge in [-0.25, -0.2) is 0 Å². The maximum Gasteiger partial charge on any atom is 0.228 e. The highest BCUT2D eigenvalue weighted by Crippen LogP contribution is 2.33. The molecular weight excluding hydrogens is 252 g/mol. The van der Waals surface area contributed by atoms with Crippen LogP contribution in [0.1, 0.15) is 30.1 Å². The molecule has 1 saturated carbocycles. The molecule has 1 aliphatic carbocycles. The zero-order valence-electron chi connectivity index (χ0n) is 12.2. The van der Waals surface area contributed by atoms with Crippen molar-refractivity contribution in [3.05, 3.63) is 29.4 Å². The predicted octanol–water partition coefficient (Wildman–Crippen LogP) is 2.29. The molecule has 1 N–H and O–H groups in total. The van der Waals surface area contributed by atoms with E-state index >= 15 is 0 Å². The van der Waals surface area contributed by atoms with Gasteiger partial charge in [-0.15, -0.1) is 0 Å². The summed E-state index contributed by atoms with van der Waals surface area (Å²) in [6.07, 6.45) is 3.40. The van der Waals surface area contributed by atoms with E-state index in [1.807, 2.05) is 33.0 Å². The smallest absolute Gasteiger partial charge is 0.228 e. The van der Waals surface area contributed by atoms with E-state index in [9.17, 15) is 0 Å². The van der Waals surface area contributed by atoms with E-state index in [1.54, 1.807) is 0 Å². The number of aryl methyl sites for hydroxylation is 2. The van der Waals surface area contributed by atoms with Gasteiger partial charge in [0.15, 0.2) is 0 Å². The number of pyridine rings is 1. The Morgan fingerprint density at radius 1 is 1.25 bits per heavy atom. The van der Waals surface area contributed by atoms with Crippen LogP contribution < -0.4 is 5.32 Å². The zero-order chi connectivity index (χ0) is 14.1. The van der Waals surface area contributed by atoms with Gasteiger partial charge in [-0.05, 0) is 51.8 Å². The average Bonchev–Trinajstić information content (AvgIpc) is 3.14. The van der Waals surface area contributed by atoms with Crippen molar-refractivity contribution in [2.45, 2.75) is 39.2 Å². The van der Waals surface area contributed by atoms with Crippen molar-refractivity contribution in [1.29, 1.82) is 0 Å². The van der Waals surface area contributed by atoms with Crippen molar-refractivity contribution in [3.63, 3.8) is 0 Å². The fourth-order valence-corrected chi connectivity index (χ4v) is 2.61. The van der Waals surface area contributed by atoms with Crippen molar-refractivity contribution in [2.75, 3.05) is 7.05 Å². The summed E-state index contributed by atoms with van der Waals surface area (Å²) < 4.78 is 5.39. The van der Waals surface area contributed by atoms with E-state index in [0.717, 1.165) is 29.3 Å². The summed E-state index contributed by atoms with van der Waals surface area (Å²) in [4.78, 5) is 8.88. The van der Waals surface area contributed by atoms with Crippen LogP contribution in [-0.2, 0) is 6.42 Å². The van der Waals surface area contributed by atoms with E-state index in [-0.39, 0.29) is 0 Å². The van der Waals surface area contributed by atoms with Gasteiger partial charge < -0.3 is 9.84 Å². The van der Waals surface area contributed by atoms with Gasteiger partial charge in [-0.1, -0.05) is 5.16 Å². The third-order valence-corrected chi connectivity index (χ3v) is 3.76. The van der Waals surface area contributed by atoms with Crippen LogP contribution in [0.4, 0.5) is 0 Å². The summed E-state index contributed by atoms with van der Waals surface area (Å²) in [7, 11) is 2.00. The lowest BCUT2D eigenvalue weighted by atomic mass is 10.1. The Morgan fingerprint density at radius 3 is 2.55 bits per heavy atom. The van der Waals surface area contributed by atoms with E-state index in [4.69, 9.17) is 4.52 Å². The highest BCUT2D eigenvalue weighted by Gasteiger charge is 2.31. The number of hydrogen-bond donors (Lipinski definition) is 1. The van der Waals surface area contributed by atoms with Crippen LogP contribution in [0.2, 0.25) is 0 Å². The van der Waals surface area contributed by atoms with Crippen LogP contribution in [0, 0.1) is 19.8 Å². The fourth-order valence-electron chi connectivity index (χ4n) is 2.61. The van der Waals surface area contributed by atoms with Gasteiger partial charge >= 0.3 is 0 Å². The number of hydrogen-bond acceptors (Lipinski definition) is 5. The molecule has 0 radical (unpaired) electrons. The van der Waals surface area contributed by atoms with Crippen LogP contribution in [-0.4, -0.2) is 28.2 Å². The summed E-state index contributed by atoms with van der Waals surface area (Å²) in [6, 6.07) is 4.42. The molecule has 1 unspecified atom stereocenters. The van der Waals surface area contributed by atoms with E-state index in [2.05, 4.69) is 20.4 Å². The van der Waals surface area contributed by atoms with Gasteiger partial charge in [0.05, 0.1) is 0 Å². The summed E-state index contributed by atoms with van der Waals surface area (Å²) in [5, 5.41) is 7.44. The van der Waals surface area contributed by atoms with Crippen LogP contribution in [0.15, 0.2) is 16.7 Å². The Labute approximate surface area is 118 Å². The maximum atomic E-state index is 5.39. The van der Waals surface area contributed by atoms with Crippen LogP contribution in [0.5, 0.6) is 0 Å². The number of likely N-dealkylation sites (N-methyl/N-ethyl adjacent to an activating group) is 1. The summed E-state index contributed by atoms with van der Waals surface area (Å²) in [5.41, 5.74) is 2.91. The molecule has 2 aromatic rings. The van der Waals surface area contributed by atoms with Crippen LogP contribution in [0.3, 0.4) is 0 Å². The van der Waals surface area contributed by atoms with Gasteiger partial charge in [-0.2, -0.15) is 4.98 Å². The predicted molar refractivity (Wildman–Crippen MR) is 76.3 cm³/mol. The first-order valence-corrected chi connectivity index (χ1v) is 7.11. The largest absolute Gasteiger partial charge is 0.339 e. The molecule has 5 heteroatoms. The second-order valence-electron chi connectivity index (χ2n) is 5.59. The topological polar surface area (TPSA) is 63.8 Å². The molecule has 0 aromatic carbocycles. The first-order valence-electron chi connectivity index (χ1n) is 7.11. The third-order valence-electron chi connectivity index (χ3n) is 3.76. The monoisotopic (exact) mass is 272 g/mol. The number of nitrogens with one attached hydrogen (secondary N) is 1. The third kappa shape index (κ3) is 2.88. The molecule has 1 fully saturated rings. The Morgan fingerprint density at radius 2 is 1.95 bits per heavy atom. The van der Waals surface area contributed by atoms with Gasteiger partial charge in [0.1, 0.15) is 0 Å². The average molecular weight is 272 g/mol. The van der Waals surface area contributed by atoms with Crippen molar-refractivity contribution in [2.24, 2.45) is 5.92 Å². The molecule has 2 aromatic heterocycles. The highest BCUT2D eigenvalue weighted by molar-refractivity contribution is 5.55. The molecule has 3 rings (SSSR count). The first-order chi connectivity index (χ1) is 9.65. The molecule has 0 amide bonds.